The summed E-state index contributed by atoms with van der Waals surface area (Å²) in [7, 11) is 0. The van der Waals surface area contributed by atoms with Crippen LogP contribution in [0.2, 0.25) is 0 Å². The zero-order chi connectivity index (χ0) is 12.0. The average Bonchev–Trinajstić information content (AvgIpc) is 2.90. The van der Waals surface area contributed by atoms with Gasteiger partial charge in [0.15, 0.2) is 0 Å². The summed E-state index contributed by atoms with van der Waals surface area (Å²) < 4.78 is 1.48. The van der Waals surface area contributed by atoms with Gasteiger partial charge in [-0.3, -0.25) is 5.41 Å². The monoisotopic (exact) mass is 247 g/mol. The fourth-order valence-corrected chi connectivity index (χ4v) is 3.01. The summed E-state index contributed by atoms with van der Waals surface area (Å²) >= 11 is 1.68. The normalized spacial score (nSPS) is 13.5. The van der Waals surface area contributed by atoms with Crippen LogP contribution in [0.15, 0.2) is 11.4 Å². The van der Waals surface area contributed by atoms with Gasteiger partial charge in [-0.05, 0) is 30.4 Å². The molecule has 0 fully saturated rings. The summed E-state index contributed by atoms with van der Waals surface area (Å²) in [4.78, 5) is 1.14. The molecule has 0 aliphatic carbocycles. The number of anilines is 1. The lowest BCUT2D eigenvalue weighted by Crippen LogP contribution is -2.23. The Morgan fingerprint density at radius 1 is 1.65 bits per heavy atom. The van der Waals surface area contributed by atoms with E-state index in [1.54, 1.807) is 11.3 Å². The van der Waals surface area contributed by atoms with Gasteiger partial charge in [-0.2, -0.15) is 9.78 Å². The van der Waals surface area contributed by atoms with E-state index in [4.69, 9.17) is 11.1 Å². The molecule has 1 aliphatic rings. The number of hydrogen-bond acceptors (Lipinski definition) is 4. The number of thiophene rings is 1. The van der Waals surface area contributed by atoms with E-state index in [1.165, 1.54) is 15.8 Å². The number of aryl methyl sites for hydroxylation is 1. The van der Waals surface area contributed by atoms with Crippen molar-refractivity contribution in [3.05, 3.63) is 22.6 Å². The standard InChI is InChI=1S/C11H13N5S/c1-6-4-8(17-5-6)9-7-2-3-14-10(7)16(15-9)11(12)13/h4-5,14H,2-3H2,1H3,(H3,12,13). The van der Waals surface area contributed by atoms with Gasteiger partial charge < -0.3 is 11.1 Å². The molecule has 0 atom stereocenters. The predicted octanol–water partition coefficient (Wildman–Crippen LogP) is 1.63. The molecule has 2 aromatic rings. The Balaban J connectivity index is 2.18. The van der Waals surface area contributed by atoms with Gasteiger partial charge >= 0.3 is 0 Å². The molecular formula is C11H13N5S. The lowest BCUT2D eigenvalue weighted by atomic mass is 10.1. The first-order chi connectivity index (χ1) is 8.16. The van der Waals surface area contributed by atoms with Crippen molar-refractivity contribution in [2.75, 3.05) is 11.9 Å². The molecule has 2 aromatic heterocycles. The first kappa shape index (κ1) is 10.3. The topological polar surface area (TPSA) is 79.7 Å². The maximum Gasteiger partial charge on any atom is 0.215 e. The molecule has 5 nitrogen and oxygen atoms in total. The van der Waals surface area contributed by atoms with Crippen molar-refractivity contribution in [1.29, 1.82) is 5.41 Å². The van der Waals surface area contributed by atoms with Crippen LogP contribution in [0.1, 0.15) is 11.1 Å². The number of nitrogens with zero attached hydrogens (tertiary/aromatic N) is 2. The van der Waals surface area contributed by atoms with E-state index < -0.39 is 0 Å². The first-order valence-electron chi connectivity index (χ1n) is 5.42. The van der Waals surface area contributed by atoms with Crippen LogP contribution in [0, 0.1) is 12.3 Å². The van der Waals surface area contributed by atoms with Crippen molar-refractivity contribution in [3.8, 4) is 10.6 Å². The van der Waals surface area contributed by atoms with E-state index in [0.717, 1.165) is 29.4 Å². The second-order valence-electron chi connectivity index (χ2n) is 4.14. The lowest BCUT2D eigenvalue weighted by Gasteiger charge is -2.01. The fourth-order valence-electron chi connectivity index (χ4n) is 2.10. The van der Waals surface area contributed by atoms with Crippen LogP contribution in [0.3, 0.4) is 0 Å². The molecule has 0 amide bonds. The molecule has 3 rings (SSSR count). The van der Waals surface area contributed by atoms with Crippen molar-refractivity contribution in [3.63, 3.8) is 0 Å². The Hall–Kier alpha value is -1.82. The molecule has 0 saturated heterocycles. The Morgan fingerprint density at radius 2 is 2.47 bits per heavy atom. The van der Waals surface area contributed by atoms with Gasteiger partial charge in [0, 0.05) is 12.1 Å². The van der Waals surface area contributed by atoms with E-state index >= 15 is 0 Å². The molecule has 0 bridgehead atoms. The number of aromatic nitrogens is 2. The van der Waals surface area contributed by atoms with E-state index in [9.17, 15) is 0 Å². The molecule has 3 heterocycles. The van der Waals surface area contributed by atoms with Crippen LogP contribution in [-0.2, 0) is 6.42 Å². The summed E-state index contributed by atoms with van der Waals surface area (Å²) in [6, 6.07) is 2.12. The molecule has 0 spiro atoms. The lowest BCUT2D eigenvalue weighted by molar-refractivity contribution is 0.912. The van der Waals surface area contributed by atoms with Crippen molar-refractivity contribution < 1.29 is 0 Å². The Bertz CT molecular complexity index is 595. The van der Waals surface area contributed by atoms with Crippen molar-refractivity contribution >= 4 is 23.1 Å². The molecule has 88 valence electrons. The predicted molar refractivity (Wildman–Crippen MR) is 69.8 cm³/mol. The summed E-state index contributed by atoms with van der Waals surface area (Å²) in [6.45, 7) is 2.96. The highest BCUT2D eigenvalue weighted by Crippen LogP contribution is 2.35. The van der Waals surface area contributed by atoms with E-state index in [2.05, 4.69) is 28.8 Å². The third-order valence-electron chi connectivity index (χ3n) is 2.84. The minimum atomic E-state index is -0.0461. The fraction of sp³-hybridized carbons (Fsp3) is 0.273. The molecule has 0 saturated carbocycles. The maximum atomic E-state index is 7.53. The van der Waals surface area contributed by atoms with Gasteiger partial charge in [-0.1, -0.05) is 0 Å². The van der Waals surface area contributed by atoms with Gasteiger partial charge in [-0.15, -0.1) is 11.3 Å². The van der Waals surface area contributed by atoms with Crippen LogP contribution < -0.4 is 11.1 Å². The number of nitrogen functional groups attached to an aromatic ring is 1. The molecule has 17 heavy (non-hydrogen) atoms. The SMILES string of the molecule is Cc1csc(-c2nn(C(=N)N)c3c2CCN3)c1. The van der Waals surface area contributed by atoms with Crippen LogP contribution in [0.5, 0.6) is 0 Å². The molecular weight excluding hydrogens is 234 g/mol. The summed E-state index contributed by atoms with van der Waals surface area (Å²) in [5, 5.41) is 17.3. The summed E-state index contributed by atoms with van der Waals surface area (Å²) in [5.41, 5.74) is 8.89. The zero-order valence-electron chi connectivity index (χ0n) is 9.45. The smallest absolute Gasteiger partial charge is 0.215 e. The average molecular weight is 247 g/mol. The van der Waals surface area contributed by atoms with Crippen LogP contribution >= 0.6 is 11.3 Å². The van der Waals surface area contributed by atoms with Crippen molar-refractivity contribution in [2.24, 2.45) is 5.73 Å². The quantitative estimate of drug-likeness (QED) is 0.529. The Morgan fingerprint density at radius 3 is 3.12 bits per heavy atom. The van der Waals surface area contributed by atoms with Gasteiger partial charge in [0.25, 0.3) is 0 Å². The van der Waals surface area contributed by atoms with Crippen molar-refractivity contribution in [1.82, 2.24) is 9.78 Å². The highest BCUT2D eigenvalue weighted by atomic mass is 32.1. The summed E-state index contributed by atoms with van der Waals surface area (Å²) in [5.74, 6) is 0.828. The molecule has 0 unspecified atom stereocenters. The molecule has 4 N–H and O–H groups in total. The molecule has 6 heteroatoms. The third-order valence-corrected chi connectivity index (χ3v) is 3.90. The summed E-state index contributed by atoms with van der Waals surface area (Å²) in [6.07, 6.45) is 0.939. The minimum absolute atomic E-state index is 0.0461. The molecule has 1 aliphatic heterocycles. The minimum Gasteiger partial charge on any atom is -0.369 e. The number of nitrogens with two attached hydrogens (primary N) is 1. The number of nitrogens with one attached hydrogen (secondary N) is 2. The van der Waals surface area contributed by atoms with E-state index in [-0.39, 0.29) is 5.96 Å². The van der Waals surface area contributed by atoms with Crippen molar-refractivity contribution in [2.45, 2.75) is 13.3 Å². The second kappa shape index (κ2) is 3.59. The second-order valence-corrected chi connectivity index (χ2v) is 5.05. The number of rotatable bonds is 1. The first-order valence-corrected chi connectivity index (χ1v) is 6.30. The highest BCUT2D eigenvalue weighted by Gasteiger charge is 2.24. The van der Waals surface area contributed by atoms with Crippen LogP contribution in [0.4, 0.5) is 5.82 Å². The molecule has 0 radical (unpaired) electrons. The number of fused-ring (bicyclic) bond motifs is 1. The highest BCUT2D eigenvalue weighted by molar-refractivity contribution is 7.13. The van der Waals surface area contributed by atoms with E-state index in [0.29, 0.717) is 0 Å². The third kappa shape index (κ3) is 1.52. The molecule has 0 aromatic carbocycles. The largest absolute Gasteiger partial charge is 0.369 e. The maximum absolute atomic E-state index is 7.53. The van der Waals surface area contributed by atoms with Gasteiger partial charge in [0.2, 0.25) is 5.96 Å². The van der Waals surface area contributed by atoms with Gasteiger partial charge in [-0.25, -0.2) is 0 Å². The Kier molecular flexibility index (Phi) is 2.19. The van der Waals surface area contributed by atoms with Gasteiger partial charge in [0.1, 0.15) is 11.5 Å². The number of hydrogen-bond donors (Lipinski definition) is 3. The van der Waals surface area contributed by atoms with Crippen LogP contribution in [-0.4, -0.2) is 22.3 Å². The van der Waals surface area contributed by atoms with Gasteiger partial charge in [0.05, 0.1) is 4.88 Å². The van der Waals surface area contributed by atoms with Crippen LogP contribution in [0.25, 0.3) is 10.6 Å². The Labute approximate surface area is 103 Å². The van der Waals surface area contributed by atoms with E-state index in [1.807, 2.05) is 0 Å². The zero-order valence-corrected chi connectivity index (χ0v) is 10.3.